The van der Waals surface area contributed by atoms with Crippen LogP contribution in [0.2, 0.25) is 0 Å². The number of esters is 1. The molecule has 2 rings (SSSR count). The summed E-state index contributed by atoms with van der Waals surface area (Å²) in [6.07, 6.45) is 8.64. The summed E-state index contributed by atoms with van der Waals surface area (Å²) in [5.74, 6) is 0.116. The van der Waals surface area contributed by atoms with Gasteiger partial charge in [0, 0.05) is 0 Å². The smallest absolute Gasteiger partial charge is 0.308 e. The lowest BCUT2D eigenvalue weighted by Gasteiger charge is -2.34. The summed E-state index contributed by atoms with van der Waals surface area (Å²) in [6.45, 7) is 2.36. The fourth-order valence-electron chi connectivity index (χ4n) is 2.47. The largest absolute Gasteiger partial charge is 0.466 e. The molecule has 0 amide bonds. The van der Waals surface area contributed by atoms with E-state index in [0.717, 1.165) is 25.7 Å². The van der Waals surface area contributed by atoms with Gasteiger partial charge in [-0.05, 0) is 51.9 Å². The van der Waals surface area contributed by atoms with Crippen molar-refractivity contribution in [2.45, 2.75) is 64.1 Å². The first-order valence-corrected chi connectivity index (χ1v) is 6.61. The van der Waals surface area contributed by atoms with Crippen LogP contribution in [-0.4, -0.2) is 24.8 Å². The quantitative estimate of drug-likeness (QED) is 0.691. The van der Waals surface area contributed by atoms with Crippen molar-refractivity contribution in [1.82, 2.24) is 0 Å². The first-order valence-electron chi connectivity index (χ1n) is 6.61. The third kappa shape index (κ3) is 2.97. The van der Waals surface area contributed by atoms with E-state index in [9.17, 15) is 4.79 Å². The Kier molecular flexibility index (Phi) is 4.22. The molecule has 2 saturated carbocycles. The standard InChI is InChI=1S/C13H22O3/c1-2-15-13(14)10-6-8-12(9-7-10)16-11-4-3-5-11/h10-12H,2-9H2,1H3/t10-,12-. The fourth-order valence-corrected chi connectivity index (χ4v) is 2.47. The van der Waals surface area contributed by atoms with Crippen molar-refractivity contribution in [2.24, 2.45) is 5.92 Å². The third-order valence-electron chi connectivity index (χ3n) is 3.73. The van der Waals surface area contributed by atoms with E-state index in [4.69, 9.17) is 9.47 Å². The third-order valence-corrected chi connectivity index (χ3v) is 3.73. The molecule has 16 heavy (non-hydrogen) atoms. The Morgan fingerprint density at radius 2 is 1.69 bits per heavy atom. The van der Waals surface area contributed by atoms with Gasteiger partial charge in [0.25, 0.3) is 0 Å². The van der Waals surface area contributed by atoms with Crippen molar-refractivity contribution in [2.75, 3.05) is 6.61 Å². The summed E-state index contributed by atoms with van der Waals surface area (Å²) >= 11 is 0. The van der Waals surface area contributed by atoms with Crippen LogP contribution in [0.1, 0.15) is 51.9 Å². The van der Waals surface area contributed by atoms with Crippen LogP contribution in [0.25, 0.3) is 0 Å². The van der Waals surface area contributed by atoms with E-state index in [2.05, 4.69) is 0 Å². The van der Waals surface area contributed by atoms with E-state index < -0.39 is 0 Å². The highest BCUT2D eigenvalue weighted by Gasteiger charge is 2.30. The summed E-state index contributed by atoms with van der Waals surface area (Å²) in [7, 11) is 0. The van der Waals surface area contributed by atoms with Crippen molar-refractivity contribution >= 4 is 5.97 Å². The molecule has 0 N–H and O–H groups in total. The van der Waals surface area contributed by atoms with Crippen molar-refractivity contribution in [3.63, 3.8) is 0 Å². The molecule has 0 aromatic carbocycles. The van der Waals surface area contributed by atoms with Crippen LogP contribution in [0, 0.1) is 5.92 Å². The van der Waals surface area contributed by atoms with Gasteiger partial charge in [0.15, 0.2) is 0 Å². The van der Waals surface area contributed by atoms with Gasteiger partial charge in [0.05, 0.1) is 24.7 Å². The van der Waals surface area contributed by atoms with Gasteiger partial charge in [0.2, 0.25) is 0 Å². The Labute approximate surface area is 97.5 Å². The van der Waals surface area contributed by atoms with Crippen molar-refractivity contribution in [1.29, 1.82) is 0 Å². The van der Waals surface area contributed by atoms with E-state index >= 15 is 0 Å². The van der Waals surface area contributed by atoms with Crippen LogP contribution in [0.15, 0.2) is 0 Å². The average molecular weight is 226 g/mol. The van der Waals surface area contributed by atoms with Gasteiger partial charge < -0.3 is 9.47 Å². The second-order valence-corrected chi connectivity index (χ2v) is 4.91. The number of rotatable bonds is 4. The SMILES string of the molecule is CCOC(=O)[C@H]1CC[C@H](OC2CCC2)CC1. The Hall–Kier alpha value is -0.570. The van der Waals surface area contributed by atoms with Crippen LogP contribution in [0.3, 0.4) is 0 Å². The van der Waals surface area contributed by atoms with Crippen LogP contribution in [0.4, 0.5) is 0 Å². The minimum atomic E-state index is -0.00964. The van der Waals surface area contributed by atoms with E-state index in [0.29, 0.717) is 18.8 Å². The minimum Gasteiger partial charge on any atom is -0.466 e. The molecule has 3 nitrogen and oxygen atoms in total. The van der Waals surface area contributed by atoms with Gasteiger partial charge in [-0.25, -0.2) is 0 Å². The summed E-state index contributed by atoms with van der Waals surface area (Å²) in [4.78, 5) is 11.5. The highest BCUT2D eigenvalue weighted by molar-refractivity contribution is 5.72. The van der Waals surface area contributed by atoms with E-state index in [1.54, 1.807) is 0 Å². The molecule has 2 aliphatic rings. The predicted octanol–water partition coefficient (Wildman–Crippen LogP) is 2.68. The van der Waals surface area contributed by atoms with E-state index in [-0.39, 0.29) is 11.9 Å². The highest BCUT2D eigenvalue weighted by Crippen LogP contribution is 2.31. The lowest BCUT2D eigenvalue weighted by atomic mass is 9.86. The number of hydrogen-bond donors (Lipinski definition) is 0. The number of carbonyl (C=O) groups excluding carboxylic acids is 1. The summed E-state index contributed by atoms with van der Waals surface area (Å²) in [5, 5.41) is 0. The predicted molar refractivity (Wildman–Crippen MR) is 61.1 cm³/mol. The molecule has 0 heterocycles. The zero-order chi connectivity index (χ0) is 11.4. The summed E-state index contributed by atoms with van der Waals surface area (Å²) in [6, 6.07) is 0. The molecule has 0 atom stereocenters. The lowest BCUT2D eigenvalue weighted by molar-refractivity contribution is -0.151. The molecule has 0 aliphatic heterocycles. The molecule has 2 fully saturated rings. The van der Waals surface area contributed by atoms with E-state index in [1.807, 2.05) is 6.92 Å². The normalized spacial score (nSPS) is 30.8. The van der Waals surface area contributed by atoms with Crippen molar-refractivity contribution < 1.29 is 14.3 Å². The Morgan fingerprint density at radius 3 is 2.19 bits per heavy atom. The van der Waals surface area contributed by atoms with Gasteiger partial charge in [-0.3, -0.25) is 4.79 Å². The number of carbonyl (C=O) groups is 1. The Bertz CT molecular complexity index is 227. The van der Waals surface area contributed by atoms with Crippen LogP contribution >= 0.6 is 0 Å². The van der Waals surface area contributed by atoms with Crippen molar-refractivity contribution in [3.05, 3.63) is 0 Å². The zero-order valence-corrected chi connectivity index (χ0v) is 10.1. The number of ether oxygens (including phenoxy) is 2. The van der Waals surface area contributed by atoms with Gasteiger partial charge >= 0.3 is 5.97 Å². The van der Waals surface area contributed by atoms with Gasteiger partial charge in [0.1, 0.15) is 0 Å². The molecule has 0 radical (unpaired) electrons. The molecule has 0 bridgehead atoms. The van der Waals surface area contributed by atoms with Gasteiger partial charge in [-0.1, -0.05) is 0 Å². The van der Waals surface area contributed by atoms with Gasteiger partial charge in [-0.2, -0.15) is 0 Å². The fraction of sp³-hybridized carbons (Fsp3) is 0.923. The van der Waals surface area contributed by atoms with Crippen LogP contribution in [-0.2, 0) is 14.3 Å². The molecule has 3 heteroatoms. The molecule has 0 aromatic rings. The topological polar surface area (TPSA) is 35.5 Å². The molecule has 0 unspecified atom stereocenters. The average Bonchev–Trinajstić information content (AvgIpc) is 2.25. The lowest BCUT2D eigenvalue weighted by Crippen LogP contribution is -2.32. The maximum atomic E-state index is 11.5. The van der Waals surface area contributed by atoms with Crippen LogP contribution < -0.4 is 0 Å². The van der Waals surface area contributed by atoms with Crippen LogP contribution in [0.5, 0.6) is 0 Å². The molecule has 0 aromatic heterocycles. The molecule has 2 aliphatic carbocycles. The monoisotopic (exact) mass is 226 g/mol. The first kappa shape index (κ1) is 11.9. The Balaban J connectivity index is 1.67. The van der Waals surface area contributed by atoms with Gasteiger partial charge in [-0.15, -0.1) is 0 Å². The Morgan fingerprint density at radius 1 is 1.06 bits per heavy atom. The molecular formula is C13H22O3. The zero-order valence-electron chi connectivity index (χ0n) is 10.1. The maximum Gasteiger partial charge on any atom is 0.308 e. The molecule has 0 saturated heterocycles. The number of hydrogen-bond acceptors (Lipinski definition) is 3. The van der Waals surface area contributed by atoms with E-state index in [1.165, 1.54) is 19.3 Å². The van der Waals surface area contributed by atoms with Crippen molar-refractivity contribution in [3.8, 4) is 0 Å². The molecular weight excluding hydrogens is 204 g/mol. The second kappa shape index (κ2) is 5.67. The maximum absolute atomic E-state index is 11.5. The summed E-state index contributed by atoms with van der Waals surface area (Å²) in [5.41, 5.74) is 0. The molecule has 92 valence electrons. The summed E-state index contributed by atoms with van der Waals surface area (Å²) < 4.78 is 11.0. The molecule has 0 spiro atoms. The highest BCUT2D eigenvalue weighted by atomic mass is 16.5. The minimum absolute atomic E-state index is 0.00964. The first-order chi connectivity index (χ1) is 7.79. The second-order valence-electron chi connectivity index (χ2n) is 4.91.